The molecular formula is C19H19NO6. The second-order valence-corrected chi connectivity index (χ2v) is 6.05. The molecule has 1 unspecified atom stereocenters. The van der Waals surface area contributed by atoms with E-state index >= 15 is 0 Å². The minimum atomic E-state index is -0.480. The summed E-state index contributed by atoms with van der Waals surface area (Å²) < 4.78 is 15.2. The van der Waals surface area contributed by atoms with Crippen LogP contribution in [0.2, 0.25) is 0 Å². The molecule has 1 aromatic heterocycles. The van der Waals surface area contributed by atoms with Crippen molar-refractivity contribution in [3.8, 4) is 0 Å². The molecule has 136 valence electrons. The Morgan fingerprint density at radius 3 is 2.65 bits per heavy atom. The molecule has 7 nitrogen and oxygen atoms in total. The number of carbonyl (C=O) groups excluding carboxylic acids is 3. The Morgan fingerprint density at radius 1 is 1.23 bits per heavy atom. The summed E-state index contributed by atoms with van der Waals surface area (Å²) in [4.78, 5) is 37.3. The maximum Gasteiger partial charge on any atom is 0.337 e. The number of carbonyl (C=O) groups is 3. The summed E-state index contributed by atoms with van der Waals surface area (Å²) in [6.07, 6.45) is 1.69. The van der Waals surface area contributed by atoms with Gasteiger partial charge in [0.1, 0.15) is 12.4 Å². The van der Waals surface area contributed by atoms with Gasteiger partial charge in [0.25, 0.3) is 0 Å². The van der Waals surface area contributed by atoms with E-state index in [0.717, 1.165) is 5.56 Å². The quantitative estimate of drug-likeness (QED) is 0.737. The fourth-order valence-corrected chi connectivity index (χ4v) is 2.80. The molecule has 1 amide bonds. The molecule has 0 bridgehead atoms. The second kappa shape index (κ2) is 7.86. The fourth-order valence-electron chi connectivity index (χ4n) is 2.80. The van der Waals surface area contributed by atoms with E-state index in [1.54, 1.807) is 47.6 Å². The van der Waals surface area contributed by atoms with Crippen LogP contribution < -0.4 is 0 Å². The maximum absolute atomic E-state index is 12.2. The van der Waals surface area contributed by atoms with Crippen LogP contribution in [0.3, 0.4) is 0 Å². The van der Waals surface area contributed by atoms with Crippen molar-refractivity contribution in [2.24, 2.45) is 5.92 Å². The Labute approximate surface area is 150 Å². The molecule has 1 aliphatic rings. The molecule has 1 fully saturated rings. The smallest absolute Gasteiger partial charge is 0.337 e. The lowest BCUT2D eigenvalue weighted by Crippen LogP contribution is -2.26. The molecule has 1 atom stereocenters. The van der Waals surface area contributed by atoms with Gasteiger partial charge in [-0.2, -0.15) is 0 Å². The summed E-state index contributed by atoms with van der Waals surface area (Å²) in [5.41, 5.74) is 1.18. The van der Waals surface area contributed by atoms with Gasteiger partial charge >= 0.3 is 11.9 Å². The van der Waals surface area contributed by atoms with E-state index in [-0.39, 0.29) is 18.9 Å². The van der Waals surface area contributed by atoms with Gasteiger partial charge in [-0.3, -0.25) is 9.59 Å². The summed E-state index contributed by atoms with van der Waals surface area (Å²) in [6, 6.07) is 10.2. The highest BCUT2D eigenvalue weighted by atomic mass is 16.5. The van der Waals surface area contributed by atoms with Crippen LogP contribution in [-0.4, -0.2) is 36.4 Å². The van der Waals surface area contributed by atoms with Crippen LogP contribution >= 0.6 is 0 Å². The number of esters is 2. The van der Waals surface area contributed by atoms with E-state index in [1.165, 1.54) is 7.11 Å². The number of rotatable bonds is 6. The van der Waals surface area contributed by atoms with Crippen LogP contribution in [0.15, 0.2) is 47.1 Å². The normalized spacial score (nSPS) is 16.6. The number of ether oxygens (including phenoxy) is 2. The first-order valence-corrected chi connectivity index (χ1v) is 8.21. The van der Waals surface area contributed by atoms with Crippen molar-refractivity contribution in [3.05, 3.63) is 59.5 Å². The van der Waals surface area contributed by atoms with Gasteiger partial charge in [-0.15, -0.1) is 0 Å². The first-order chi connectivity index (χ1) is 12.6. The number of likely N-dealkylation sites (tertiary alicyclic amines) is 1. The number of hydrogen-bond acceptors (Lipinski definition) is 6. The number of furan rings is 1. The summed E-state index contributed by atoms with van der Waals surface area (Å²) >= 11 is 0. The highest BCUT2D eigenvalue weighted by Gasteiger charge is 2.35. The third-order valence-corrected chi connectivity index (χ3v) is 4.23. The van der Waals surface area contributed by atoms with Crippen LogP contribution in [0.1, 0.15) is 28.1 Å². The molecule has 26 heavy (non-hydrogen) atoms. The topological polar surface area (TPSA) is 86.0 Å². The Hall–Kier alpha value is -3.09. The zero-order valence-electron chi connectivity index (χ0n) is 14.3. The van der Waals surface area contributed by atoms with Crippen molar-refractivity contribution in [3.63, 3.8) is 0 Å². The molecule has 0 N–H and O–H groups in total. The summed E-state index contributed by atoms with van der Waals surface area (Å²) in [7, 11) is 1.32. The van der Waals surface area contributed by atoms with Gasteiger partial charge in [-0.05, 0) is 29.8 Å². The van der Waals surface area contributed by atoms with E-state index in [9.17, 15) is 14.4 Å². The average molecular weight is 357 g/mol. The molecule has 0 aliphatic carbocycles. The number of amides is 1. The molecular weight excluding hydrogens is 338 g/mol. The van der Waals surface area contributed by atoms with Gasteiger partial charge in [-0.1, -0.05) is 12.1 Å². The highest BCUT2D eigenvalue weighted by molar-refractivity contribution is 5.89. The molecule has 0 saturated carbocycles. The zero-order valence-corrected chi connectivity index (χ0v) is 14.3. The number of hydrogen-bond donors (Lipinski definition) is 0. The van der Waals surface area contributed by atoms with E-state index in [4.69, 9.17) is 9.15 Å². The average Bonchev–Trinajstić information content (AvgIpc) is 3.30. The van der Waals surface area contributed by atoms with Crippen LogP contribution in [0.5, 0.6) is 0 Å². The predicted molar refractivity (Wildman–Crippen MR) is 89.8 cm³/mol. The Morgan fingerprint density at radius 2 is 2.00 bits per heavy atom. The van der Waals surface area contributed by atoms with Gasteiger partial charge < -0.3 is 18.8 Å². The summed E-state index contributed by atoms with van der Waals surface area (Å²) in [5.74, 6) is -0.720. The lowest BCUT2D eigenvalue weighted by atomic mass is 10.1. The van der Waals surface area contributed by atoms with Crippen LogP contribution in [0.4, 0.5) is 0 Å². The fraction of sp³-hybridized carbons (Fsp3) is 0.316. The standard InChI is InChI=1S/C19H19NO6/c1-24-18(22)14-6-4-13(5-7-14)12-26-19(23)15-9-17(21)20(10-15)11-16-3-2-8-25-16/h2-8,15H,9-12H2,1H3. The largest absolute Gasteiger partial charge is 0.467 e. The van der Waals surface area contributed by atoms with Crippen LogP contribution in [0.25, 0.3) is 0 Å². The minimum Gasteiger partial charge on any atom is -0.467 e. The monoisotopic (exact) mass is 357 g/mol. The van der Waals surface area contributed by atoms with Gasteiger partial charge in [0.15, 0.2) is 0 Å². The van der Waals surface area contributed by atoms with Gasteiger partial charge in [0.2, 0.25) is 5.91 Å². The Bertz CT molecular complexity index is 781. The third-order valence-electron chi connectivity index (χ3n) is 4.23. The first-order valence-electron chi connectivity index (χ1n) is 8.21. The third kappa shape index (κ3) is 4.11. The minimum absolute atomic E-state index is 0.0865. The van der Waals surface area contributed by atoms with E-state index < -0.39 is 17.9 Å². The van der Waals surface area contributed by atoms with Gasteiger partial charge in [-0.25, -0.2) is 4.79 Å². The van der Waals surface area contributed by atoms with Crippen molar-refractivity contribution in [1.82, 2.24) is 4.90 Å². The van der Waals surface area contributed by atoms with Crippen molar-refractivity contribution < 1.29 is 28.3 Å². The molecule has 3 rings (SSSR count). The van der Waals surface area contributed by atoms with Crippen LogP contribution in [-0.2, 0) is 32.2 Å². The van der Waals surface area contributed by atoms with Gasteiger partial charge in [0.05, 0.1) is 31.4 Å². The zero-order chi connectivity index (χ0) is 18.5. The summed E-state index contributed by atoms with van der Waals surface area (Å²) in [5, 5.41) is 0. The molecule has 1 aromatic carbocycles. The molecule has 1 aliphatic heterocycles. The highest BCUT2D eigenvalue weighted by Crippen LogP contribution is 2.22. The lowest BCUT2D eigenvalue weighted by Gasteiger charge is -2.14. The maximum atomic E-state index is 12.2. The first kappa shape index (κ1) is 17.7. The number of methoxy groups -OCH3 is 1. The van der Waals surface area contributed by atoms with E-state index in [1.807, 2.05) is 0 Å². The van der Waals surface area contributed by atoms with Crippen molar-refractivity contribution >= 4 is 17.8 Å². The SMILES string of the molecule is COC(=O)c1ccc(COC(=O)C2CC(=O)N(Cc3ccco3)C2)cc1. The predicted octanol–water partition coefficient (Wildman–Crippen LogP) is 2.16. The molecule has 7 heteroatoms. The molecule has 2 heterocycles. The van der Waals surface area contributed by atoms with E-state index in [2.05, 4.69) is 4.74 Å². The Kier molecular flexibility index (Phi) is 5.36. The van der Waals surface area contributed by atoms with E-state index in [0.29, 0.717) is 24.4 Å². The van der Waals surface area contributed by atoms with Crippen LogP contribution in [0, 0.1) is 5.92 Å². The Balaban J connectivity index is 1.50. The van der Waals surface area contributed by atoms with Crippen molar-refractivity contribution in [1.29, 1.82) is 0 Å². The summed E-state index contributed by atoms with van der Waals surface area (Å²) in [6.45, 7) is 0.757. The lowest BCUT2D eigenvalue weighted by molar-refractivity contribution is -0.149. The second-order valence-electron chi connectivity index (χ2n) is 6.05. The molecule has 0 radical (unpaired) electrons. The van der Waals surface area contributed by atoms with Crippen molar-refractivity contribution in [2.45, 2.75) is 19.6 Å². The molecule has 2 aromatic rings. The number of nitrogens with zero attached hydrogens (tertiary/aromatic N) is 1. The van der Waals surface area contributed by atoms with Crippen molar-refractivity contribution in [2.75, 3.05) is 13.7 Å². The molecule has 0 spiro atoms. The van der Waals surface area contributed by atoms with Gasteiger partial charge in [0, 0.05) is 13.0 Å². The number of benzene rings is 1. The molecule has 1 saturated heterocycles.